The van der Waals surface area contributed by atoms with Crippen molar-refractivity contribution in [2.45, 2.75) is 39.9 Å². The monoisotopic (exact) mass is 754 g/mol. The van der Waals surface area contributed by atoms with Gasteiger partial charge in [0.2, 0.25) is 0 Å². The SMILES string of the molecule is CC(C)Oc1cc(OCC(=O)N2CCN(C)CC2)cc(C(=O)Nc2nccs2)c1.CC(C)Oc1cc(OCC(=O)O)cc(C(=O)Nc2nccs2)c1. The Kier molecular flexibility index (Phi) is 14.7. The number of carboxylic acids is 1. The Labute approximate surface area is 309 Å². The van der Waals surface area contributed by atoms with E-state index in [1.54, 1.807) is 58.4 Å². The summed E-state index contributed by atoms with van der Waals surface area (Å²) < 4.78 is 22.2. The van der Waals surface area contributed by atoms with Crippen LogP contribution in [0.5, 0.6) is 23.0 Å². The van der Waals surface area contributed by atoms with Crippen molar-refractivity contribution in [3.05, 3.63) is 70.7 Å². The molecule has 0 bridgehead atoms. The van der Waals surface area contributed by atoms with Gasteiger partial charge in [0.25, 0.3) is 17.7 Å². The van der Waals surface area contributed by atoms with Crippen molar-refractivity contribution in [3.8, 4) is 23.0 Å². The van der Waals surface area contributed by atoms with E-state index in [9.17, 15) is 19.2 Å². The van der Waals surface area contributed by atoms with Crippen LogP contribution in [0.1, 0.15) is 48.4 Å². The fourth-order valence-corrected chi connectivity index (χ4v) is 5.65. The number of anilines is 2. The van der Waals surface area contributed by atoms with Crippen LogP contribution in [-0.4, -0.2) is 107 Å². The third-order valence-electron chi connectivity index (χ3n) is 6.91. The lowest BCUT2D eigenvalue weighted by Crippen LogP contribution is -2.48. The molecule has 2 aromatic carbocycles. The molecule has 3 N–H and O–H groups in total. The van der Waals surface area contributed by atoms with Gasteiger partial charge in [0.15, 0.2) is 23.5 Å². The zero-order valence-electron chi connectivity index (χ0n) is 29.5. The largest absolute Gasteiger partial charge is 0.491 e. The predicted octanol–water partition coefficient (Wildman–Crippen LogP) is 4.98. The molecule has 0 spiro atoms. The molecule has 0 aliphatic carbocycles. The summed E-state index contributed by atoms with van der Waals surface area (Å²) in [6.07, 6.45) is 3.04. The Balaban J connectivity index is 0.000000239. The highest BCUT2D eigenvalue weighted by atomic mass is 32.1. The number of benzene rings is 2. The normalized spacial score (nSPS) is 12.8. The van der Waals surface area contributed by atoms with Crippen LogP contribution in [0.15, 0.2) is 59.6 Å². The fraction of sp³-hybridized carbons (Fsp3) is 0.371. The van der Waals surface area contributed by atoms with Gasteiger partial charge in [-0.05, 0) is 59.0 Å². The van der Waals surface area contributed by atoms with Crippen molar-refractivity contribution < 1.29 is 43.2 Å². The number of carbonyl (C=O) groups excluding carboxylic acids is 3. The minimum absolute atomic E-state index is 0.0629. The maximum absolute atomic E-state index is 12.6. The molecule has 0 radical (unpaired) electrons. The number of rotatable bonds is 14. The second-order valence-corrected chi connectivity index (χ2v) is 13.7. The molecule has 2 aromatic heterocycles. The van der Waals surface area contributed by atoms with E-state index in [2.05, 4.69) is 25.5 Å². The Morgan fingerprint density at radius 3 is 1.56 bits per heavy atom. The van der Waals surface area contributed by atoms with Gasteiger partial charge in [0, 0.05) is 72.6 Å². The van der Waals surface area contributed by atoms with Gasteiger partial charge < -0.3 is 33.9 Å². The van der Waals surface area contributed by atoms with Gasteiger partial charge in [0.05, 0.1) is 12.2 Å². The summed E-state index contributed by atoms with van der Waals surface area (Å²) in [7, 11) is 2.04. The number of likely N-dealkylation sites (N-methyl/N-ethyl adjacent to an activating group) is 1. The first-order valence-electron chi connectivity index (χ1n) is 16.3. The number of hydrogen-bond donors (Lipinski definition) is 3. The van der Waals surface area contributed by atoms with Crippen molar-refractivity contribution in [2.75, 3.05) is 57.1 Å². The topological polar surface area (TPSA) is 182 Å². The lowest BCUT2D eigenvalue weighted by atomic mass is 10.2. The first-order valence-corrected chi connectivity index (χ1v) is 18.1. The number of nitrogens with one attached hydrogen (secondary N) is 2. The number of thiazole rings is 2. The highest BCUT2D eigenvalue weighted by Gasteiger charge is 2.20. The van der Waals surface area contributed by atoms with Crippen molar-refractivity contribution in [1.29, 1.82) is 0 Å². The van der Waals surface area contributed by atoms with Crippen molar-refractivity contribution in [2.24, 2.45) is 0 Å². The van der Waals surface area contributed by atoms with Crippen LogP contribution in [0.3, 0.4) is 0 Å². The molecule has 1 aliphatic heterocycles. The molecule has 278 valence electrons. The summed E-state index contributed by atoms with van der Waals surface area (Å²) in [5, 5.41) is 18.6. The number of carbonyl (C=O) groups is 4. The molecule has 17 heteroatoms. The smallest absolute Gasteiger partial charge is 0.341 e. The van der Waals surface area contributed by atoms with E-state index in [0.29, 0.717) is 51.7 Å². The Bertz CT molecular complexity index is 1780. The highest BCUT2D eigenvalue weighted by Crippen LogP contribution is 2.27. The number of carboxylic acid groups (broad SMARTS) is 1. The third kappa shape index (κ3) is 13.1. The summed E-state index contributed by atoms with van der Waals surface area (Å²) in [5.41, 5.74) is 0.666. The lowest BCUT2D eigenvalue weighted by molar-refractivity contribution is -0.139. The molecule has 52 heavy (non-hydrogen) atoms. The van der Waals surface area contributed by atoms with Gasteiger partial charge in [-0.1, -0.05) is 0 Å². The number of piperazine rings is 1. The number of aromatic nitrogens is 2. The zero-order valence-corrected chi connectivity index (χ0v) is 31.1. The van der Waals surface area contributed by atoms with Crippen LogP contribution in [-0.2, 0) is 9.59 Å². The second-order valence-electron chi connectivity index (χ2n) is 12.0. The number of hydrogen-bond acceptors (Lipinski definition) is 13. The molecule has 1 fully saturated rings. The average molecular weight is 755 g/mol. The molecule has 15 nitrogen and oxygen atoms in total. The molecule has 0 atom stereocenters. The van der Waals surface area contributed by atoms with E-state index in [0.717, 1.165) is 13.1 Å². The molecule has 0 saturated carbocycles. The molecule has 3 heterocycles. The molecule has 3 amide bonds. The fourth-order valence-electron chi connectivity index (χ4n) is 4.60. The van der Waals surface area contributed by atoms with Gasteiger partial charge in [-0.3, -0.25) is 25.0 Å². The van der Waals surface area contributed by atoms with E-state index < -0.39 is 12.6 Å². The van der Waals surface area contributed by atoms with Gasteiger partial charge in [-0.25, -0.2) is 14.8 Å². The third-order valence-corrected chi connectivity index (χ3v) is 8.29. The molecule has 1 saturated heterocycles. The van der Waals surface area contributed by atoms with Crippen LogP contribution in [0.4, 0.5) is 10.3 Å². The van der Waals surface area contributed by atoms with E-state index >= 15 is 0 Å². The zero-order chi connectivity index (χ0) is 37.6. The molecular formula is C35H42N6O9S2. The van der Waals surface area contributed by atoms with Crippen LogP contribution in [0.25, 0.3) is 0 Å². The van der Waals surface area contributed by atoms with Crippen molar-refractivity contribution in [1.82, 2.24) is 19.8 Å². The van der Waals surface area contributed by atoms with Gasteiger partial charge in [0.1, 0.15) is 23.0 Å². The lowest BCUT2D eigenvalue weighted by Gasteiger charge is -2.32. The van der Waals surface area contributed by atoms with E-state index in [4.69, 9.17) is 24.1 Å². The summed E-state index contributed by atoms with van der Waals surface area (Å²) in [4.78, 5) is 59.9. The van der Waals surface area contributed by atoms with Crippen LogP contribution < -0.4 is 29.6 Å². The number of nitrogens with zero attached hydrogens (tertiary/aromatic N) is 4. The number of ether oxygens (including phenoxy) is 4. The maximum Gasteiger partial charge on any atom is 0.341 e. The Hall–Kier alpha value is -5.26. The van der Waals surface area contributed by atoms with Gasteiger partial charge in [-0.15, -0.1) is 22.7 Å². The van der Waals surface area contributed by atoms with Crippen molar-refractivity contribution in [3.63, 3.8) is 0 Å². The maximum atomic E-state index is 12.6. The van der Waals surface area contributed by atoms with Crippen LogP contribution >= 0.6 is 22.7 Å². The standard InChI is InChI=1S/C20H26N4O4S.C15H16N2O5S/c1-14(2)28-17-11-15(19(26)22-20-21-4-9-29-20)10-16(12-17)27-13-18(25)24-7-5-23(3)6-8-24;1-9(2)22-12-6-10(5-11(7-12)21-8-13(18)19)14(20)17-15-16-3-4-23-15/h4,9-12,14H,5-8,13H2,1-3H3,(H,21,22,26);3-7,9H,8H2,1-2H3,(H,18,19)(H,16,17,20). The first-order chi connectivity index (χ1) is 24.8. The number of amides is 3. The second kappa shape index (κ2) is 19.4. The molecule has 5 rings (SSSR count). The van der Waals surface area contributed by atoms with E-state index in [1.807, 2.05) is 34.7 Å². The summed E-state index contributed by atoms with van der Waals surface area (Å²) >= 11 is 2.63. The number of aliphatic carboxylic acids is 1. The molecule has 1 aliphatic rings. The predicted molar refractivity (Wildman–Crippen MR) is 197 cm³/mol. The van der Waals surface area contributed by atoms with Gasteiger partial charge in [-0.2, -0.15) is 0 Å². The van der Waals surface area contributed by atoms with E-state index in [1.165, 1.54) is 28.7 Å². The highest BCUT2D eigenvalue weighted by molar-refractivity contribution is 7.14. The summed E-state index contributed by atoms with van der Waals surface area (Å²) in [6, 6.07) is 9.52. The Morgan fingerprint density at radius 1 is 0.712 bits per heavy atom. The van der Waals surface area contributed by atoms with Crippen LogP contribution in [0, 0.1) is 0 Å². The van der Waals surface area contributed by atoms with Crippen molar-refractivity contribution >= 4 is 56.6 Å². The minimum atomic E-state index is -1.10. The summed E-state index contributed by atoms with van der Waals surface area (Å²) in [6.45, 7) is 10.0. The first kappa shape index (κ1) is 39.5. The van der Waals surface area contributed by atoms with Gasteiger partial charge >= 0.3 is 5.97 Å². The minimum Gasteiger partial charge on any atom is -0.491 e. The molecule has 0 unspecified atom stereocenters. The quantitative estimate of drug-likeness (QED) is 0.157. The molecular weight excluding hydrogens is 713 g/mol. The molecule has 4 aromatic rings. The van der Waals surface area contributed by atoms with Crippen LogP contribution in [0.2, 0.25) is 0 Å². The Morgan fingerprint density at radius 2 is 1.15 bits per heavy atom. The summed E-state index contributed by atoms with van der Waals surface area (Å²) in [5.74, 6) is -0.277. The average Bonchev–Trinajstić information content (AvgIpc) is 3.81. The van der Waals surface area contributed by atoms with E-state index in [-0.39, 0.29) is 42.3 Å².